The summed E-state index contributed by atoms with van der Waals surface area (Å²) in [6, 6.07) is 72.4. The van der Waals surface area contributed by atoms with E-state index in [0.29, 0.717) is 0 Å². The fourth-order valence-corrected chi connectivity index (χ4v) is 7.91. The first kappa shape index (κ1) is 30.0. The molecule has 0 saturated carbocycles. The van der Waals surface area contributed by atoms with Crippen molar-refractivity contribution in [2.24, 2.45) is 0 Å². The van der Waals surface area contributed by atoms with Crippen molar-refractivity contribution in [3.8, 4) is 55.6 Å². The van der Waals surface area contributed by atoms with E-state index in [2.05, 4.69) is 200 Å². The van der Waals surface area contributed by atoms with Crippen LogP contribution >= 0.6 is 0 Å². The zero-order chi connectivity index (χ0) is 34.4. The third-order valence-electron chi connectivity index (χ3n) is 10.4. The van der Waals surface area contributed by atoms with Crippen LogP contribution in [0.5, 0.6) is 0 Å². The molecule has 0 aliphatic rings. The maximum absolute atomic E-state index is 5.40. The molecule has 0 N–H and O–H groups in total. The van der Waals surface area contributed by atoms with Gasteiger partial charge in [-0.15, -0.1) is 0 Å². The minimum Gasteiger partial charge on any atom is -0.246 e. The van der Waals surface area contributed by atoms with Gasteiger partial charge >= 0.3 is 0 Å². The van der Waals surface area contributed by atoms with Gasteiger partial charge in [-0.05, 0) is 79.0 Å². The van der Waals surface area contributed by atoms with Gasteiger partial charge in [0.1, 0.15) is 0 Å². The molecule has 0 unspecified atom stereocenters. The molecule has 0 saturated heterocycles. The third kappa shape index (κ3) is 5.14. The van der Waals surface area contributed by atoms with Crippen molar-refractivity contribution >= 4 is 43.4 Å². The summed E-state index contributed by atoms with van der Waals surface area (Å²) < 4.78 is 0. The summed E-state index contributed by atoms with van der Waals surface area (Å²) in [4.78, 5) is 5.40. The van der Waals surface area contributed by atoms with E-state index in [0.717, 1.165) is 11.0 Å². The van der Waals surface area contributed by atoms with Gasteiger partial charge in [0, 0.05) is 27.1 Å². The minimum absolute atomic E-state index is 1.04. The van der Waals surface area contributed by atoms with Crippen LogP contribution < -0.4 is 0 Å². The number of benzene rings is 9. The predicted molar refractivity (Wildman–Crippen MR) is 221 cm³/mol. The fourth-order valence-electron chi connectivity index (χ4n) is 7.91. The molecule has 0 atom stereocenters. The third-order valence-corrected chi connectivity index (χ3v) is 10.4. The lowest BCUT2D eigenvalue weighted by Crippen LogP contribution is -1.92. The Morgan fingerprint density at radius 2 is 0.731 bits per heavy atom. The number of fused-ring (bicyclic) bond motifs is 6. The van der Waals surface area contributed by atoms with E-state index in [9.17, 15) is 0 Å². The molecule has 52 heavy (non-hydrogen) atoms. The Morgan fingerprint density at radius 1 is 0.250 bits per heavy atom. The van der Waals surface area contributed by atoms with Crippen LogP contribution in [-0.2, 0) is 0 Å². The van der Waals surface area contributed by atoms with Crippen molar-refractivity contribution in [1.29, 1.82) is 0 Å². The lowest BCUT2D eigenvalue weighted by Gasteiger charge is -2.16. The van der Waals surface area contributed by atoms with Gasteiger partial charge in [-0.3, -0.25) is 0 Å². The zero-order valence-corrected chi connectivity index (χ0v) is 28.5. The largest absolute Gasteiger partial charge is 0.246 e. The summed E-state index contributed by atoms with van der Waals surface area (Å²) in [5, 5.41) is 7.08. The van der Waals surface area contributed by atoms with E-state index in [1.54, 1.807) is 0 Å². The Bertz CT molecular complexity index is 2850. The number of nitrogens with zero attached hydrogens (tertiary/aromatic N) is 1. The monoisotopic (exact) mass is 659 g/mol. The average molecular weight is 660 g/mol. The van der Waals surface area contributed by atoms with Gasteiger partial charge in [0.15, 0.2) is 0 Å². The highest BCUT2D eigenvalue weighted by Crippen LogP contribution is 2.42. The first-order valence-electron chi connectivity index (χ1n) is 17.9. The van der Waals surface area contributed by atoms with Gasteiger partial charge in [0.2, 0.25) is 0 Å². The molecule has 1 aromatic heterocycles. The van der Waals surface area contributed by atoms with Gasteiger partial charge in [-0.25, -0.2) is 4.98 Å². The van der Waals surface area contributed by atoms with E-state index in [4.69, 9.17) is 4.98 Å². The van der Waals surface area contributed by atoms with E-state index in [-0.39, 0.29) is 0 Å². The molecule has 1 heterocycles. The van der Waals surface area contributed by atoms with Crippen LogP contribution in [0.3, 0.4) is 0 Å². The van der Waals surface area contributed by atoms with Crippen molar-refractivity contribution in [1.82, 2.24) is 4.98 Å². The van der Waals surface area contributed by atoms with Crippen molar-refractivity contribution in [3.63, 3.8) is 0 Å². The van der Waals surface area contributed by atoms with Crippen LogP contribution in [0, 0.1) is 0 Å². The Balaban J connectivity index is 1.15. The molecule has 0 radical (unpaired) electrons. The van der Waals surface area contributed by atoms with Gasteiger partial charge in [0.25, 0.3) is 0 Å². The second-order valence-corrected chi connectivity index (χ2v) is 13.5. The minimum atomic E-state index is 1.04. The van der Waals surface area contributed by atoms with Crippen molar-refractivity contribution in [3.05, 3.63) is 200 Å². The molecule has 0 amide bonds. The highest BCUT2D eigenvalue weighted by atomic mass is 14.7. The maximum Gasteiger partial charge on any atom is 0.0794 e. The summed E-state index contributed by atoms with van der Waals surface area (Å²) in [6.07, 6.45) is 0. The summed E-state index contributed by atoms with van der Waals surface area (Å²) >= 11 is 0. The molecule has 1 nitrogen and oxygen atoms in total. The normalized spacial score (nSPS) is 11.5. The summed E-state index contributed by atoms with van der Waals surface area (Å²) in [5.74, 6) is 0. The Labute approximate surface area is 303 Å². The fraction of sp³-hybridized carbons (Fsp3) is 0. The van der Waals surface area contributed by atoms with Crippen LogP contribution in [0.4, 0.5) is 0 Å². The number of rotatable bonds is 5. The Kier molecular flexibility index (Phi) is 7.22. The van der Waals surface area contributed by atoms with Crippen LogP contribution in [-0.4, -0.2) is 4.98 Å². The number of hydrogen-bond acceptors (Lipinski definition) is 1. The van der Waals surface area contributed by atoms with Crippen molar-refractivity contribution in [2.75, 3.05) is 0 Å². The smallest absolute Gasteiger partial charge is 0.0794 e. The first-order chi connectivity index (χ1) is 25.8. The van der Waals surface area contributed by atoms with Crippen molar-refractivity contribution in [2.45, 2.75) is 0 Å². The molecule has 10 aromatic rings. The molecule has 0 spiro atoms. The zero-order valence-electron chi connectivity index (χ0n) is 28.5. The van der Waals surface area contributed by atoms with Crippen LogP contribution in [0.2, 0.25) is 0 Å². The second-order valence-electron chi connectivity index (χ2n) is 13.5. The average Bonchev–Trinajstić information content (AvgIpc) is 3.23. The van der Waals surface area contributed by atoms with Crippen LogP contribution in [0.15, 0.2) is 200 Å². The highest BCUT2D eigenvalue weighted by Gasteiger charge is 2.17. The topological polar surface area (TPSA) is 12.9 Å². The standard InChI is InChI=1S/C51H33N/c1-3-13-34(14-4-1)40-27-28-43(48(33-40)35-15-5-2-6-16-35)41-21-11-19-38(31-41)39-20-12-22-42(32-39)49-46-29-25-36-17-7-9-23-44(36)50(46)52-51-45-24-10-8-18-37(45)26-30-47(49)51/h1-33H. The van der Waals surface area contributed by atoms with E-state index in [1.165, 1.54) is 88.0 Å². The summed E-state index contributed by atoms with van der Waals surface area (Å²) in [5.41, 5.74) is 14.1. The molecule has 0 aliphatic heterocycles. The van der Waals surface area contributed by atoms with Crippen molar-refractivity contribution < 1.29 is 0 Å². The van der Waals surface area contributed by atoms with Gasteiger partial charge in [0.05, 0.1) is 11.0 Å². The lowest BCUT2D eigenvalue weighted by atomic mass is 9.89. The van der Waals surface area contributed by atoms with E-state index >= 15 is 0 Å². The Hall–Kier alpha value is -6.83. The molecule has 10 rings (SSSR count). The van der Waals surface area contributed by atoms with Gasteiger partial charge in [-0.2, -0.15) is 0 Å². The predicted octanol–water partition coefficient (Wildman–Crippen LogP) is 14.0. The summed E-state index contributed by atoms with van der Waals surface area (Å²) in [7, 11) is 0. The van der Waals surface area contributed by atoms with Gasteiger partial charge in [-0.1, -0.05) is 182 Å². The Morgan fingerprint density at radius 3 is 1.37 bits per heavy atom. The molecule has 9 aromatic carbocycles. The first-order valence-corrected chi connectivity index (χ1v) is 17.9. The second kappa shape index (κ2) is 12.5. The summed E-state index contributed by atoms with van der Waals surface area (Å²) in [6.45, 7) is 0. The molecule has 0 aliphatic carbocycles. The number of hydrogen-bond donors (Lipinski definition) is 0. The quantitative estimate of drug-likeness (QED) is 0.132. The lowest BCUT2D eigenvalue weighted by molar-refractivity contribution is 1.53. The molecule has 242 valence electrons. The number of pyridine rings is 1. The molecular formula is C51H33N. The van der Waals surface area contributed by atoms with Crippen LogP contribution in [0.1, 0.15) is 0 Å². The molecular weight excluding hydrogens is 627 g/mol. The molecule has 0 bridgehead atoms. The number of aromatic nitrogens is 1. The van der Waals surface area contributed by atoms with E-state index < -0.39 is 0 Å². The molecule has 0 fully saturated rings. The maximum atomic E-state index is 5.40. The van der Waals surface area contributed by atoms with Crippen LogP contribution in [0.25, 0.3) is 99.0 Å². The highest BCUT2D eigenvalue weighted by molar-refractivity contribution is 6.21. The van der Waals surface area contributed by atoms with E-state index in [1.807, 2.05) is 0 Å². The SMILES string of the molecule is c1ccc(-c2ccc(-c3cccc(-c4cccc(-c5c6ccc7ccccc7c6nc6c5ccc5ccccc56)c4)c3)c(-c3ccccc3)c2)cc1. The van der Waals surface area contributed by atoms with Gasteiger partial charge < -0.3 is 0 Å². The molecule has 1 heteroatoms.